The summed E-state index contributed by atoms with van der Waals surface area (Å²) < 4.78 is 5.27. The standard InChI is InChI=1S/C13H26N4O/c1-9(2)7-17(10(3)4)8-11-15-12(16-18-11)13(5,6)14/h9-10H,7-8,14H2,1-6H3. The van der Waals surface area contributed by atoms with Crippen LogP contribution in [0.4, 0.5) is 0 Å². The number of hydrogen-bond donors (Lipinski definition) is 1. The molecule has 5 nitrogen and oxygen atoms in total. The van der Waals surface area contributed by atoms with Crippen LogP contribution < -0.4 is 5.73 Å². The summed E-state index contributed by atoms with van der Waals surface area (Å²) in [6, 6.07) is 0.452. The summed E-state index contributed by atoms with van der Waals surface area (Å²) in [5.41, 5.74) is 5.39. The Morgan fingerprint density at radius 3 is 2.28 bits per heavy atom. The first kappa shape index (κ1) is 15.1. The third kappa shape index (κ3) is 4.38. The first-order chi connectivity index (χ1) is 8.20. The zero-order valence-electron chi connectivity index (χ0n) is 12.4. The second kappa shape index (κ2) is 5.80. The van der Waals surface area contributed by atoms with E-state index in [2.05, 4.69) is 42.7 Å². The average molecular weight is 254 g/mol. The Labute approximate surface area is 110 Å². The zero-order valence-corrected chi connectivity index (χ0v) is 12.4. The van der Waals surface area contributed by atoms with Crippen LogP contribution in [0.3, 0.4) is 0 Å². The molecule has 0 aliphatic heterocycles. The fourth-order valence-electron chi connectivity index (χ4n) is 1.68. The van der Waals surface area contributed by atoms with Crippen molar-refractivity contribution in [1.82, 2.24) is 15.0 Å². The minimum absolute atomic E-state index is 0.452. The molecule has 0 aromatic carbocycles. The van der Waals surface area contributed by atoms with Crippen molar-refractivity contribution in [3.63, 3.8) is 0 Å². The molecule has 0 unspecified atom stereocenters. The van der Waals surface area contributed by atoms with E-state index < -0.39 is 5.54 Å². The number of rotatable bonds is 6. The number of nitrogens with two attached hydrogens (primary N) is 1. The van der Waals surface area contributed by atoms with Crippen molar-refractivity contribution in [3.8, 4) is 0 Å². The molecule has 1 aromatic heterocycles. The summed E-state index contributed by atoms with van der Waals surface area (Å²) >= 11 is 0. The number of nitrogens with zero attached hydrogens (tertiary/aromatic N) is 3. The third-order valence-electron chi connectivity index (χ3n) is 2.71. The molecule has 0 atom stereocenters. The van der Waals surface area contributed by atoms with Gasteiger partial charge in [-0.1, -0.05) is 19.0 Å². The Morgan fingerprint density at radius 2 is 1.89 bits per heavy atom. The van der Waals surface area contributed by atoms with E-state index in [0.717, 1.165) is 6.54 Å². The summed E-state index contributed by atoms with van der Waals surface area (Å²) in [6.07, 6.45) is 0. The van der Waals surface area contributed by atoms with E-state index in [1.807, 2.05) is 13.8 Å². The van der Waals surface area contributed by atoms with Crippen LogP contribution in [-0.4, -0.2) is 27.6 Å². The highest BCUT2D eigenvalue weighted by Gasteiger charge is 2.23. The minimum Gasteiger partial charge on any atom is -0.338 e. The molecule has 5 heteroatoms. The summed E-state index contributed by atoms with van der Waals surface area (Å²) in [6.45, 7) is 14.2. The van der Waals surface area contributed by atoms with E-state index >= 15 is 0 Å². The molecule has 0 bridgehead atoms. The molecular weight excluding hydrogens is 228 g/mol. The highest BCUT2D eigenvalue weighted by Crippen LogP contribution is 2.15. The SMILES string of the molecule is CC(C)CN(Cc1nc(C(C)(C)N)no1)C(C)C. The molecule has 0 fully saturated rings. The maximum absolute atomic E-state index is 5.94. The second-order valence-electron chi connectivity index (χ2n) is 6.15. The quantitative estimate of drug-likeness (QED) is 0.842. The molecule has 104 valence electrons. The van der Waals surface area contributed by atoms with Gasteiger partial charge in [0, 0.05) is 12.6 Å². The Morgan fingerprint density at radius 1 is 1.28 bits per heavy atom. The van der Waals surface area contributed by atoms with Crippen molar-refractivity contribution in [3.05, 3.63) is 11.7 Å². The topological polar surface area (TPSA) is 68.2 Å². The molecule has 1 rings (SSSR count). The van der Waals surface area contributed by atoms with Gasteiger partial charge in [0.15, 0.2) is 5.82 Å². The summed E-state index contributed by atoms with van der Waals surface area (Å²) in [5, 5.41) is 3.94. The lowest BCUT2D eigenvalue weighted by Crippen LogP contribution is -2.34. The summed E-state index contributed by atoms with van der Waals surface area (Å²) in [5.74, 6) is 1.81. The predicted octanol–water partition coefficient (Wildman–Crippen LogP) is 2.13. The van der Waals surface area contributed by atoms with E-state index in [-0.39, 0.29) is 0 Å². The number of hydrogen-bond acceptors (Lipinski definition) is 5. The van der Waals surface area contributed by atoms with Gasteiger partial charge >= 0.3 is 0 Å². The monoisotopic (exact) mass is 254 g/mol. The molecule has 1 heterocycles. The van der Waals surface area contributed by atoms with Gasteiger partial charge in [0.2, 0.25) is 5.89 Å². The van der Waals surface area contributed by atoms with Crippen LogP contribution in [0.15, 0.2) is 4.52 Å². The Hall–Kier alpha value is -0.940. The van der Waals surface area contributed by atoms with Crippen LogP contribution >= 0.6 is 0 Å². The van der Waals surface area contributed by atoms with Crippen molar-refractivity contribution >= 4 is 0 Å². The lowest BCUT2D eigenvalue weighted by atomic mass is 10.1. The van der Waals surface area contributed by atoms with E-state index in [9.17, 15) is 0 Å². The Bertz CT molecular complexity index is 365. The average Bonchev–Trinajstić information content (AvgIpc) is 2.63. The molecular formula is C13H26N4O. The molecule has 0 spiro atoms. The van der Waals surface area contributed by atoms with Gasteiger partial charge < -0.3 is 10.3 Å². The van der Waals surface area contributed by atoms with Gasteiger partial charge in [-0.05, 0) is 33.6 Å². The lowest BCUT2D eigenvalue weighted by molar-refractivity contribution is 0.166. The van der Waals surface area contributed by atoms with E-state index in [4.69, 9.17) is 10.3 Å². The number of aromatic nitrogens is 2. The van der Waals surface area contributed by atoms with Crippen LogP contribution in [0.1, 0.15) is 53.3 Å². The second-order valence-corrected chi connectivity index (χ2v) is 6.15. The fourth-order valence-corrected chi connectivity index (χ4v) is 1.68. The van der Waals surface area contributed by atoms with E-state index in [1.165, 1.54) is 0 Å². The van der Waals surface area contributed by atoms with E-state index in [1.54, 1.807) is 0 Å². The zero-order chi connectivity index (χ0) is 13.9. The summed E-state index contributed by atoms with van der Waals surface area (Å²) in [4.78, 5) is 6.69. The van der Waals surface area contributed by atoms with Crippen molar-refractivity contribution in [2.45, 2.75) is 59.7 Å². The van der Waals surface area contributed by atoms with Crippen LogP contribution in [0.25, 0.3) is 0 Å². The fraction of sp³-hybridized carbons (Fsp3) is 0.846. The van der Waals surface area contributed by atoms with Crippen molar-refractivity contribution < 1.29 is 4.52 Å². The molecule has 1 aromatic rings. The minimum atomic E-state index is -0.553. The van der Waals surface area contributed by atoms with Gasteiger partial charge in [0.05, 0.1) is 12.1 Å². The van der Waals surface area contributed by atoms with Gasteiger partial charge in [-0.3, -0.25) is 4.90 Å². The van der Waals surface area contributed by atoms with Crippen LogP contribution in [-0.2, 0) is 12.1 Å². The van der Waals surface area contributed by atoms with Crippen LogP contribution in [0.2, 0.25) is 0 Å². The van der Waals surface area contributed by atoms with Crippen LogP contribution in [0, 0.1) is 5.92 Å². The molecule has 0 amide bonds. The molecule has 0 aliphatic carbocycles. The molecule has 0 aliphatic rings. The highest BCUT2D eigenvalue weighted by molar-refractivity contribution is 4.99. The molecule has 2 N–H and O–H groups in total. The van der Waals surface area contributed by atoms with Crippen molar-refractivity contribution in [2.75, 3.05) is 6.54 Å². The van der Waals surface area contributed by atoms with Gasteiger partial charge in [-0.2, -0.15) is 4.98 Å². The first-order valence-electron chi connectivity index (χ1n) is 6.56. The van der Waals surface area contributed by atoms with Crippen LogP contribution in [0.5, 0.6) is 0 Å². The predicted molar refractivity (Wildman–Crippen MR) is 71.9 cm³/mol. The van der Waals surface area contributed by atoms with Crippen molar-refractivity contribution in [2.24, 2.45) is 11.7 Å². The maximum atomic E-state index is 5.94. The third-order valence-corrected chi connectivity index (χ3v) is 2.71. The smallest absolute Gasteiger partial charge is 0.240 e. The van der Waals surface area contributed by atoms with E-state index in [0.29, 0.717) is 30.2 Å². The Balaban J connectivity index is 2.73. The van der Waals surface area contributed by atoms with Gasteiger partial charge in [-0.25, -0.2) is 0 Å². The molecule has 18 heavy (non-hydrogen) atoms. The Kier molecular flexibility index (Phi) is 4.87. The first-order valence-corrected chi connectivity index (χ1v) is 6.56. The van der Waals surface area contributed by atoms with Gasteiger partial charge in [0.25, 0.3) is 0 Å². The van der Waals surface area contributed by atoms with Gasteiger partial charge in [-0.15, -0.1) is 0 Å². The largest absolute Gasteiger partial charge is 0.338 e. The lowest BCUT2D eigenvalue weighted by Gasteiger charge is -2.26. The van der Waals surface area contributed by atoms with Crippen molar-refractivity contribution in [1.29, 1.82) is 0 Å². The van der Waals surface area contributed by atoms with Gasteiger partial charge in [0.1, 0.15) is 0 Å². The maximum Gasteiger partial charge on any atom is 0.240 e. The normalized spacial score (nSPS) is 13.0. The molecule has 0 saturated heterocycles. The molecule has 0 saturated carbocycles. The highest BCUT2D eigenvalue weighted by atomic mass is 16.5. The summed E-state index contributed by atoms with van der Waals surface area (Å²) in [7, 11) is 0. The molecule has 0 radical (unpaired) electrons.